The molecule has 2 aliphatic heterocycles. The van der Waals surface area contributed by atoms with Crippen molar-refractivity contribution in [2.45, 2.75) is 50.8 Å². The van der Waals surface area contributed by atoms with Gasteiger partial charge in [0, 0.05) is 17.8 Å². The Bertz CT molecular complexity index is 746. The van der Waals surface area contributed by atoms with Gasteiger partial charge < -0.3 is 15.3 Å². The number of hydrogen-bond donors (Lipinski definition) is 2. The van der Waals surface area contributed by atoms with Gasteiger partial charge in [-0.1, -0.05) is 18.2 Å². The summed E-state index contributed by atoms with van der Waals surface area (Å²) >= 11 is 1.45. The van der Waals surface area contributed by atoms with E-state index in [0.29, 0.717) is 18.5 Å². The maximum atomic E-state index is 13.1. The van der Waals surface area contributed by atoms with Crippen LogP contribution in [0.5, 0.6) is 0 Å². The van der Waals surface area contributed by atoms with Crippen molar-refractivity contribution >= 4 is 27.9 Å². The molecular weight excluding hydrogens is 322 g/mol. The van der Waals surface area contributed by atoms with Crippen LogP contribution in [0.25, 0.3) is 0 Å². The van der Waals surface area contributed by atoms with Crippen LogP contribution >= 0.6 is 11.3 Å². The summed E-state index contributed by atoms with van der Waals surface area (Å²) in [6.07, 6.45) is 3.07. The molecule has 2 atom stereocenters. The van der Waals surface area contributed by atoms with E-state index in [9.17, 15) is 9.90 Å². The van der Waals surface area contributed by atoms with E-state index in [4.69, 9.17) is 0 Å². The zero-order chi connectivity index (χ0) is 16.7. The molecule has 0 spiro atoms. The third-order valence-electron chi connectivity index (χ3n) is 5.11. The molecule has 4 rings (SSSR count). The number of piperidine rings is 1. The molecule has 126 valence electrons. The van der Waals surface area contributed by atoms with Crippen LogP contribution in [-0.4, -0.2) is 39.1 Å². The van der Waals surface area contributed by atoms with Gasteiger partial charge in [0.1, 0.15) is 5.00 Å². The normalized spacial score (nSPS) is 25.8. The summed E-state index contributed by atoms with van der Waals surface area (Å²) < 4.78 is 0. The number of rotatable bonds is 3. The molecule has 2 N–H and O–H groups in total. The number of amides is 1. The van der Waals surface area contributed by atoms with Gasteiger partial charge in [0.2, 0.25) is 0 Å². The number of anilines is 2. The molecule has 2 aliphatic rings. The van der Waals surface area contributed by atoms with E-state index >= 15 is 0 Å². The fraction of sp³-hybridized carbons (Fsp3) is 0.444. The second-order valence-electron chi connectivity index (χ2n) is 6.69. The van der Waals surface area contributed by atoms with Gasteiger partial charge in [-0.25, -0.2) is 4.98 Å². The average molecular weight is 343 g/mol. The van der Waals surface area contributed by atoms with Crippen molar-refractivity contribution < 1.29 is 9.90 Å². The molecule has 1 aromatic heterocycles. The van der Waals surface area contributed by atoms with Gasteiger partial charge in [-0.05, 0) is 44.2 Å². The van der Waals surface area contributed by atoms with Gasteiger partial charge in [0.25, 0.3) is 5.91 Å². The number of hydrogen-bond acceptors (Lipinski definition) is 5. The number of aliphatic hydroxyl groups is 1. The Morgan fingerprint density at radius 3 is 2.71 bits per heavy atom. The number of fused-ring (bicyclic) bond motifs is 2. The van der Waals surface area contributed by atoms with Crippen LogP contribution in [0, 0.1) is 6.92 Å². The highest BCUT2D eigenvalue weighted by Crippen LogP contribution is 2.38. The van der Waals surface area contributed by atoms with Crippen molar-refractivity contribution in [1.82, 2.24) is 9.88 Å². The van der Waals surface area contributed by atoms with Gasteiger partial charge in [-0.15, -0.1) is 11.3 Å². The molecule has 6 heteroatoms. The van der Waals surface area contributed by atoms with E-state index in [1.807, 2.05) is 36.1 Å². The Hall–Kier alpha value is -1.92. The molecule has 2 bridgehead atoms. The van der Waals surface area contributed by atoms with Crippen LogP contribution in [0.3, 0.4) is 0 Å². The summed E-state index contributed by atoms with van der Waals surface area (Å²) in [6.45, 7) is 2.04. The number of para-hydroxylation sites is 1. The van der Waals surface area contributed by atoms with Crippen LogP contribution in [0.4, 0.5) is 10.7 Å². The molecule has 2 fully saturated rings. The predicted molar refractivity (Wildman–Crippen MR) is 94.8 cm³/mol. The lowest BCUT2D eigenvalue weighted by atomic mass is 9.99. The maximum Gasteiger partial charge on any atom is 0.276 e. The van der Waals surface area contributed by atoms with Crippen LogP contribution in [0.1, 0.15) is 41.7 Å². The molecular formula is C18H21N3O2S. The lowest BCUT2D eigenvalue weighted by Gasteiger charge is -2.36. The van der Waals surface area contributed by atoms with E-state index in [0.717, 1.165) is 29.1 Å². The van der Waals surface area contributed by atoms with Crippen molar-refractivity contribution in [2.75, 3.05) is 5.32 Å². The number of carbonyl (C=O) groups is 1. The molecule has 1 amide bonds. The summed E-state index contributed by atoms with van der Waals surface area (Å²) in [6, 6.07) is 8.32. The van der Waals surface area contributed by atoms with Crippen molar-refractivity contribution in [3.05, 3.63) is 41.0 Å². The number of carbonyl (C=O) groups excluding carboxylic acids is 1. The molecule has 2 unspecified atom stereocenters. The third kappa shape index (κ3) is 2.70. The Morgan fingerprint density at radius 1 is 1.29 bits per heavy atom. The SMILES string of the molecule is Cc1ccccc1Nc1scnc1C(=O)N1C2CCC1CC(O)C2. The summed E-state index contributed by atoms with van der Waals surface area (Å²) in [7, 11) is 0. The first kappa shape index (κ1) is 15.6. The Labute approximate surface area is 145 Å². The zero-order valence-corrected chi connectivity index (χ0v) is 14.4. The fourth-order valence-corrected chi connectivity index (χ4v) is 4.61. The minimum Gasteiger partial charge on any atom is -0.393 e. The van der Waals surface area contributed by atoms with E-state index in [1.165, 1.54) is 11.3 Å². The van der Waals surface area contributed by atoms with Crippen molar-refractivity contribution in [3.63, 3.8) is 0 Å². The molecule has 24 heavy (non-hydrogen) atoms. The van der Waals surface area contributed by atoms with E-state index < -0.39 is 0 Å². The molecule has 0 saturated carbocycles. The number of aryl methyl sites for hydroxylation is 1. The Balaban J connectivity index is 1.59. The molecule has 1 aromatic carbocycles. The van der Waals surface area contributed by atoms with Crippen LogP contribution in [0.15, 0.2) is 29.8 Å². The standard InChI is InChI=1S/C18H21N3O2S/c1-11-4-2-3-5-15(11)20-17-16(19-10-24-17)18(23)21-12-6-7-13(21)9-14(22)8-12/h2-5,10,12-14,20,22H,6-9H2,1H3. The van der Waals surface area contributed by atoms with Crippen LogP contribution in [-0.2, 0) is 0 Å². The minimum atomic E-state index is -0.272. The molecule has 0 radical (unpaired) electrons. The first-order valence-corrected chi connectivity index (χ1v) is 9.28. The van der Waals surface area contributed by atoms with E-state index in [1.54, 1.807) is 5.51 Å². The highest BCUT2D eigenvalue weighted by atomic mass is 32.1. The molecule has 3 heterocycles. The van der Waals surface area contributed by atoms with Crippen LogP contribution < -0.4 is 5.32 Å². The number of nitrogens with one attached hydrogen (secondary N) is 1. The molecule has 2 aromatic rings. The topological polar surface area (TPSA) is 65.5 Å². The van der Waals surface area contributed by atoms with Gasteiger partial charge in [-0.3, -0.25) is 4.79 Å². The molecule has 2 saturated heterocycles. The highest BCUT2D eigenvalue weighted by molar-refractivity contribution is 7.14. The predicted octanol–water partition coefficient (Wildman–Crippen LogP) is 3.32. The van der Waals surface area contributed by atoms with Crippen molar-refractivity contribution in [2.24, 2.45) is 0 Å². The second kappa shape index (κ2) is 6.18. The second-order valence-corrected chi connectivity index (χ2v) is 7.55. The molecule has 5 nitrogen and oxygen atoms in total. The average Bonchev–Trinajstić information content (AvgIpc) is 3.12. The van der Waals surface area contributed by atoms with E-state index in [2.05, 4.69) is 10.3 Å². The van der Waals surface area contributed by atoms with Crippen molar-refractivity contribution in [1.29, 1.82) is 0 Å². The Kier molecular flexibility index (Phi) is 4.02. The highest BCUT2D eigenvalue weighted by Gasteiger charge is 2.43. The smallest absolute Gasteiger partial charge is 0.276 e. The van der Waals surface area contributed by atoms with Crippen molar-refractivity contribution in [3.8, 4) is 0 Å². The minimum absolute atomic E-state index is 0.00765. The molecule has 0 aliphatic carbocycles. The van der Waals surface area contributed by atoms with Gasteiger partial charge in [-0.2, -0.15) is 0 Å². The quantitative estimate of drug-likeness (QED) is 0.897. The number of thiazole rings is 1. The Morgan fingerprint density at radius 2 is 2.00 bits per heavy atom. The lowest BCUT2D eigenvalue weighted by molar-refractivity contribution is 0.0284. The number of aliphatic hydroxyl groups excluding tert-OH is 1. The first-order chi connectivity index (χ1) is 11.6. The van der Waals surface area contributed by atoms with Gasteiger partial charge in [0.15, 0.2) is 5.69 Å². The third-order valence-corrected chi connectivity index (χ3v) is 5.85. The number of nitrogens with zero attached hydrogens (tertiary/aromatic N) is 2. The first-order valence-electron chi connectivity index (χ1n) is 8.40. The summed E-state index contributed by atoms with van der Waals surface area (Å²) in [5.74, 6) is -0.00765. The lowest BCUT2D eigenvalue weighted by Crippen LogP contribution is -2.48. The summed E-state index contributed by atoms with van der Waals surface area (Å²) in [4.78, 5) is 19.4. The van der Waals surface area contributed by atoms with E-state index in [-0.39, 0.29) is 24.1 Å². The summed E-state index contributed by atoms with van der Waals surface area (Å²) in [5, 5.41) is 14.1. The van der Waals surface area contributed by atoms with Crippen LogP contribution in [0.2, 0.25) is 0 Å². The fourth-order valence-electron chi connectivity index (χ4n) is 3.92. The monoisotopic (exact) mass is 343 g/mol. The summed E-state index contributed by atoms with van der Waals surface area (Å²) in [5.41, 5.74) is 4.34. The number of aromatic nitrogens is 1. The van der Waals surface area contributed by atoms with Gasteiger partial charge in [0.05, 0.1) is 11.6 Å². The maximum absolute atomic E-state index is 13.1. The van der Waals surface area contributed by atoms with Gasteiger partial charge >= 0.3 is 0 Å². The number of benzene rings is 1. The zero-order valence-electron chi connectivity index (χ0n) is 13.6. The largest absolute Gasteiger partial charge is 0.393 e.